The second-order valence-electron chi connectivity index (χ2n) is 10.0. The van der Waals surface area contributed by atoms with Gasteiger partial charge in [0.25, 0.3) is 17.7 Å². The predicted octanol–water partition coefficient (Wildman–Crippen LogP) is 4.73. The molecule has 0 spiro atoms. The molecule has 8 nitrogen and oxygen atoms in total. The van der Waals surface area contributed by atoms with Gasteiger partial charge in [-0.2, -0.15) is 0 Å². The van der Waals surface area contributed by atoms with Gasteiger partial charge in [-0.3, -0.25) is 14.4 Å². The lowest BCUT2D eigenvalue weighted by atomic mass is 10.0. The Balaban J connectivity index is 0.00000353. The normalized spacial score (nSPS) is 16.7. The van der Waals surface area contributed by atoms with Crippen molar-refractivity contribution < 1.29 is 14.4 Å². The van der Waals surface area contributed by atoms with Crippen molar-refractivity contribution >= 4 is 35.1 Å². The van der Waals surface area contributed by atoms with Crippen molar-refractivity contribution in [3.8, 4) is 0 Å². The summed E-state index contributed by atoms with van der Waals surface area (Å²) >= 11 is 0. The number of aryl methyl sites for hydroxylation is 1. The predicted molar refractivity (Wildman–Crippen MR) is 156 cm³/mol. The van der Waals surface area contributed by atoms with Crippen molar-refractivity contribution in [1.82, 2.24) is 20.9 Å². The smallest absolute Gasteiger partial charge is 0.256 e. The molecule has 0 aliphatic carbocycles. The minimum absolute atomic E-state index is 0. The second kappa shape index (κ2) is 11.7. The van der Waals surface area contributed by atoms with Gasteiger partial charge in [0.1, 0.15) is 0 Å². The van der Waals surface area contributed by atoms with Gasteiger partial charge < -0.3 is 26.3 Å². The van der Waals surface area contributed by atoms with Crippen LogP contribution < -0.4 is 21.3 Å². The molecule has 2 aliphatic rings. The van der Waals surface area contributed by atoms with E-state index in [1.54, 1.807) is 24.3 Å². The van der Waals surface area contributed by atoms with Gasteiger partial charge in [0.15, 0.2) is 0 Å². The maximum absolute atomic E-state index is 13.1. The summed E-state index contributed by atoms with van der Waals surface area (Å²) < 4.78 is 0. The number of aromatic amines is 1. The molecule has 0 saturated carbocycles. The molecule has 0 bridgehead atoms. The third-order valence-corrected chi connectivity index (χ3v) is 7.38. The molecule has 0 radical (unpaired) electrons. The van der Waals surface area contributed by atoms with E-state index in [4.69, 9.17) is 0 Å². The summed E-state index contributed by atoms with van der Waals surface area (Å²) in [7, 11) is 0. The molecule has 3 amide bonds. The van der Waals surface area contributed by atoms with Crippen LogP contribution in [0.3, 0.4) is 0 Å². The lowest BCUT2D eigenvalue weighted by Crippen LogP contribution is -2.42. The van der Waals surface area contributed by atoms with Gasteiger partial charge in [-0.25, -0.2) is 0 Å². The standard InChI is InChI=1S/C30H33N5O3.CH4/c1-17-26(32-19(3)27(17)30(38)34-22-11-13-31-14-12-22)16-24-23-15-21(9-10-25(23)35-29(24)37)28(36)33-18(2)20-7-5-4-6-8-20;/h4-10,15-16,18,22,31-32H,11-14H2,1-3H3,(H,33,36)(H,34,38)(H,35,37);1H4/b24-16-;/t18-;/m1./s1. The highest BCUT2D eigenvalue weighted by Crippen LogP contribution is 2.35. The number of rotatable bonds is 6. The maximum atomic E-state index is 13.1. The van der Waals surface area contributed by atoms with Crippen LogP contribution in [-0.2, 0) is 4.79 Å². The number of benzene rings is 2. The van der Waals surface area contributed by atoms with E-state index >= 15 is 0 Å². The van der Waals surface area contributed by atoms with Gasteiger partial charge in [0.05, 0.1) is 17.2 Å². The first-order valence-electron chi connectivity index (χ1n) is 13.1. The average Bonchev–Trinajstić information content (AvgIpc) is 3.38. The number of piperidine rings is 1. The summed E-state index contributed by atoms with van der Waals surface area (Å²) in [4.78, 5) is 42.3. The summed E-state index contributed by atoms with van der Waals surface area (Å²) in [6, 6.07) is 14.9. The number of nitrogens with one attached hydrogen (secondary N) is 5. The lowest BCUT2D eigenvalue weighted by Gasteiger charge is -2.23. The summed E-state index contributed by atoms with van der Waals surface area (Å²) in [5.41, 5.74) is 6.07. The number of hydrogen-bond acceptors (Lipinski definition) is 4. The first-order chi connectivity index (χ1) is 18.3. The highest BCUT2D eigenvalue weighted by Gasteiger charge is 2.27. The number of carbonyl (C=O) groups excluding carboxylic acids is 3. The molecule has 204 valence electrons. The first kappa shape index (κ1) is 27.9. The van der Waals surface area contributed by atoms with E-state index in [0.29, 0.717) is 33.6 Å². The highest BCUT2D eigenvalue weighted by atomic mass is 16.2. The van der Waals surface area contributed by atoms with Crippen LogP contribution in [0.15, 0.2) is 48.5 Å². The topological polar surface area (TPSA) is 115 Å². The van der Waals surface area contributed by atoms with Crippen molar-refractivity contribution in [1.29, 1.82) is 0 Å². The number of aromatic nitrogens is 1. The molecular formula is C31H37N5O3. The summed E-state index contributed by atoms with van der Waals surface area (Å²) in [6.07, 6.45) is 3.57. The summed E-state index contributed by atoms with van der Waals surface area (Å²) in [5.74, 6) is -0.565. The monoisotopic (exact) mass is 527 g/mol. The maximum Gasteiger partial charge on any atom is 0.256 e. The van der Waals surface area contributed by atoms with E-state index < -0.39 is 0 Å². The average molecular weight is 528 g/mol. The Bertz CT molecular complexity index is 1420. The van der Waals surface area contributed by atoms with Crippen LogP contribution in [0.25, 0.3) is 11.6 Å². The van der Waals surface area contributed by atoms with Gasteiger partial charge >= 0.3 is 0 Å². The van der Waals surface area contributed by atoms with Crippen LogP contribution in [0.1, 0.15) is 82.0 Å². The highest BCUT2D eigenvalue weighted by molar-refractivity contribution is 6.35. The zero-order chi connectivity index (χ0) is 26.8. The van der Waals surface area contributed by atoms with E-state index in [0.717, 1.165) is 42.8 Å². The Kier molecular flexibility index (Phi) is 8.35. The van der Waals surface area contributed by atoms with E-state index in [1.165, 1.54) is 0 Å². The van der Waals surface area contributed by atoms with Crippen molar-refractivity contribution in [3.63, 3.8) is 0 Å². The number of fused-ring (bicyclic) bond motifs is 1. The molecule has 0 unspecified atom stereocenters. The quantitative estimate of drug-likeness (QED) is 0.298. The van der Waals surface area contributed by atoms with Gasteiger partial charge in [-0.05, 0) is 82.1 Å². The number of anilines is 1. The van der Waals surface area contributed by atoms with Gasteiger partial charge in [-0.1, -0.05) is 37.8 Å². The minimum Gasteiger partial charge on any atom is -0.358 e. The molecule has 1 atom stereocenters. The minimum atomic E-state index is -0.248. The first-order valence-corrected chi connectivity index (χ1v) is 13.1. The van der Waals surface area contributed by atoms with Crippen LogP contribution in [-0.4, -0.2) is 41.8 Å². The Hall–Kier alpha value is -4.17. The molecule has 2 aliphatic heterocycles. The Morgan fingerprint density at radius 3 is 2.46 bits per heavy atom. The van der Waals surface area contributed by atoms with Crippen molar-refractivity contribution in [2.75, 3.05) is 18.4 Å². The fraction of sp³-hybridized carbons (Fsp3) is 0.323. The molecule has 5 N–H and O–H groups in total. The molecule has 5 rings (SSSR count). The molecular weight excluding hydrogens is 490 g/mol. The Morgan fingerprint density at radius 2 is 1.74 bits per heavy atom. The summed E-state index contributed by atoms with van der Waals surface area (Å²) in [6.45, 7) is 7.48. The lowest BCUT2D eigenvalue weighted by molar-refractivity contribution is -0.110. The van der Waals surface area contributed by atoms with Crippen LogP contribution in [0.5, 0.6) is 0 Å². The third-order valence-electron chi connectivity index (χ3n) is 7.38. The van der Waals surface area contributed by atoms with Crippen molar-refractivity contribution in [2.24, 2.45) is 0 Å². The zero-order valence-corrected chi connectivity index (χ0v) is 21.9. The van der Waals surface area contributed by atoms with Gasteiger partial charge in [0, 0.05) is 34.2 Å². The number of carbonyl (C=O) groups is 3. The SMILES string of the molecule is C.Cc1[nH]c(/C=C2\C(=O)Nc3ccc(C(=O)N[C@H](C)c4ccccc4)cc32)c(C)c1C(=O)NC1CCNCC1. The Morgan fingerprint density at radius 1 is 1.03 bits per heavy atom. The molecule has 1 fully saturated rings. The number of amides is 3. The van der Waals surface area contributed by atoms with Crippen molar-refractivity contribution in [2.45, 2.75) is 53.1 Å². The van der Waals surface area contributed by atoms with E-state index in [1.807, 2.05) is 51.1 Å². The van der Waals surface area contributed by atoms with Gasteiger partial charge in [-0.15, -0.1) is 0 Å². The molecule has 39 heavy (non-hydrogen) atoms. The zero-order valence-electron chi connectivity index (χ0n) is 21.9. The fourth-order valence-corrected chi connectivity index (χ4v) is 5.20. The van der Waals surface area contributed by atoms with Crippen LogP contribution >= 0.6 is 0 Å². The molecule has 8 heteroatoms. The second-order valence-corrected chi connectivity index (χ2v) is 10.0. The number of hydrogen-bond donors (Lipinski definition) is 5. The van der Waals surface area contributed by atoms with E-state index in [9.17, 15) is 14.4 Å². The van der Waals surface area contributed by atoms with E-state index in [2.05, 4.69) is 26.3 Å². The number of H-pyrrole nitrogens is 1. The summed E-state index contributed by atoms with van der Waals surface area (Å²) in [5, 5.41) is 12.4. The molecule has 1 aromatic heterocycles. The largest absolute Gasteiger partial charge is 0.358 e. The molecule has 1 saturated heterocycles. The van der Waals surface area contributed by atoms with Crippen LogP contribution in [0.2, 0.25) is 0 Å². The van der Waals surface area contributed by atoms with Gasteiger partial charge in [0.2, 0.25) is 0 Å². The molecule has 3 aromatic rings. The molecule has 3 heterocycles. The third kappa shape index (κ3) is 5.81. The van der Waals surface area contributed by atoms with E-state index in [-0.39, 0.29) is 37.2 Å². The van der Waals surface area contributed by atoms with Crippen molar-refractivity contribution in [3.05, 3.63) is 87.7 Å². The van der Waals surface area contributed by atoms with Crippen LogP contribution in [0, 0.1) is 13.8 Å². The fourth-order valence-electron chi connectivity index (χ4n) is 5.20. The Labute approximate surface area is 229 Å². The van der Waals surface area contributed by atoms with Crippen LogP contribution in [0.4, 0.5) is 5.69 Å². The molecule has 2 aromatic carbocycles.